The van der Waals surface area contributed by atoms with Crippen LogP contribution in [0, 0.1) is 11.3 Å². The van der Waals surface area contributed by atoms with Crippen molar-refractivity contribution in [1.82, 2.24) is 0 Å². The Kier molecular flexibility index (Phi) is 11.2. The van der Waals surface area contributed by atoms with Crippen molar-refractivity contribution in [2.24, 2.45) is 22.8 Å². The van der Waals surface area contributed by atoms with Gasteiger partial charge in [0.1, 0.15) is 0 Å². The summed E-state index contributed by atoms with van der Waals surface area (Å²) in [6.07, 6.45) is 4.59. The number of unbranched alkanes of at least 4 members (excludes halogenated alkanes) is 1. The zero-order valence-electron chi connectivity index (χ0n) is 14.2. The molecular formula is C16H34N2O2S. The van der Waals surface area contributed by atoms with Crippen molar-refractivity contribution in [2.75, 3.05) is 24.7 Å². The minimum absolute atomic E-state index is 0.000311. The third kappa shape index (κ3) is 9.38. The van der Waals surface area contributed by atoms with E-state index in [0.717, 1.165) is 18.6 Å². The molecule has 0 aliphatic heterocycles. The summed E-state index contributed by atoms with van der Waals surface area (Å²) in [5.41, 5.74) is 10.8. The van der Waals surface area contributed by atoms with Crippen LogP contribution >= 0.6 is 11.8 Å². The van der Waals surface area contributed by atoms with Gasteiger partial charge in [0, 0.05) is 24.1 Å². The number of nitrogens with two attached hydrogens (primary N) is 2. The Bertz CT molecular complexity index is 285. The van der Waals surface area contributed by atoms with Crippen LogP contribution in [0.3, 0.4) is 0 Å². The standard InChI is InChI=1S/C16H34N2O2S/c1-5-7-8-13(6-2)10-20-15(19)16(3,4)12-21-11-14(18)9-17/h13-14H,5-12,17-18H2,1-4H3. The van der Waals surface area contributed by atoms with E-state index in [0.29, 0.717) is 24.8 Å². The monoisotopic (exact) mass is 318 g/mol. The Balaban J connectivity index is 4.10. The predicted molar refractivity (Wildman–Crippen MR) is 92.4 cm³/mol. The molecular weight excluding hydrogens is 284 g/mol. The number of carbonyl (C=O) groups excluding carboxylic acids is 1. The maximum Gasteiger partial charge on any atom is 0.312 e. The van der Waals surface area contributed by atoms with Crippen LogP contribution < -0.4 is 11.5 Å². The van der Waals surface area contributed by atoms with E-state index in [1.807, 2.05) is 13.8 Å². The summed E-state index contributed by atoms with van der Waals surface area (Å²) in [5, 5.41) is 0. The van der Waals surface area contributed by atoms with Crippen LogP contribution in [0.4, 0.5) is 0 Å². The lowest BCUT2D eigenvalue weighted by atomic mass is 9.96. The highest BCUT2D eigenvalue weighted by atomic mass is 32.2. The normalized spacial score (nSPS) is 14.8. The molecule has 0 bridgehead atoms. The Hall–Kier alpha value is -0.260. The summed E-state index contributed by atoms with van der Waals surface area (Å²) in [5.74, 6) is 1.88. The lowest BCUT2D eigenvalue weighted by Gasteiger charge is -2.24. The number of hydrogen-bond donors (Lipinski definition) is 2. The van der Waals surface area contributed by atoms with Gasteiger partial charge in [-0.05, 0) is 26.2 Å². The van der Waals surface area contributed by atoms with Gasteiger partial charge in [0.25, 0.3) is 0 Å². The van der Waals surface area contributed by atoms with Crippen LogP contribution in [-0.2, 0) is 9.53 Å². The van der Waals surface area contributed by atoms with Gasteiger partial charge in [-0.1, -0.05) is 33.1 Å². The number of hydrogen-bond acceptors (Lipinski definition) is 5. The molecule has 126 valence electrons. The summed E-state index contributed by atoms with van der Waals surface area (Å²) in [6.45, 7) is 9.24. The number of ether oxygens (including phenoxy) is 1. The van der Waals surface area contributed by atoms with Gasteiger partial charge in [-0.3, -0.25) is 4.79 Å². The van der Waals surface area contributed by atoms with Gasteiger partial charge in [-0.15, -0.1) is 0 Å². The molecule has 0 rings (SSSR count). The second-order valence-corrected chi connectivity index (χ2v) is 7.44. The Morgan fingerprint density at radius 3 is 2.52 bits per heavy atom. The van der Waals surface area contributed by atoms with E-state index in [4.69, 9.17) is 16.2 Å². The van der Waals surface area contributed by atoms with Crippen molar-refractivity contribution in [3.05, 3.63) is 0 Å². The molecule has 0 fully saturated rings. The quantitative estimate of drug-likeness (QED) is 0.541. The number of rotatable bonds is 12. The molecule has 0 heterocycles. The highest BCUT2D eigenvalue weighted by Gasteiger charge is 2.30. The second-order valence-electron chi connectivity index (χ2n) is 6.41. The van der Waals surface area contributed by atoms with Crippen LogP contribution in [0.15, 0.2) is 0 Å². The summed E-state index contributed by atoms with van der Waals surface area (Å²) in [7, 11) is 0. The fourth-order valence-corrected chi connectivity index (χ4v) is 3.06. The first-order valence-corrected chi connectivity index (χ1v) is 9.23. The maximum atomic E-state index is 12.2. The Morgan fingerprint density at radius 2 is 2.00 bits per heavy atom. The van der Waals surface area contributed by atoms with E-state index in [1.165, 1.54) is 12.8 Å². The minimum atomic E-state index is -0.470. The first-order chi connectivity index (χ1) is 9.87. The average Bonchev–Trinajstić information content (AvgIpc) is 2.46. The molecule has 0 aromatic rings. The molecule has 21 heavy (non-hydrogen) atoms. The predicted octanol–water partition coefficient (Wildman–Crippen LogP) is 2.79. The molecule has 0 aliphatic rings. The van der Waals surface area contributed by atoms with Crippen LogP contribution in [0.25, 0.3) is 0 Å². The largest absolute Gasteiger partial charge is 0.465 e. The molecule has 0 aromatic heterocycles. The fourth-order valence-electron chi connectivity index (χ4n) is 1.88. The lowest BCUT2D eigenvalue weighted by molar-refractivity contribution is -0.154. The topological polar surface area (TPSA) is 78.3 Å². The molecule has 2 atom stereocenters. The highest BCUT2D eigenvalue weighted by Crippen LogP contribution is 2.24. The second kappa shape index (κ2) is 11.3. The first-order valence-electron chi connectivity index (χ1n) is 8.07. The van der Waals surface area contributed by atoms with E-state index in [9.17, 15) is 4.79 Å². The number of carbonyl (C=O) groups is 1. The first kappa shape index (κ1) is 20.7. The number of esters is 1. The lowest BCUT2D eigenvalue weighted by Crippen LogP contribution is -2.34. The smallest absolute Gasteiger partial charge is 0.312 e. The minimum Gasteiger partial charge on any atom is -0.465 e. The summed E-state index contributed by atoms with van der Waals surface area (Å²) >= 11 is 1.67. The van der Waals surface area contributed by atoms with Gasteiger partial charge in [0.05, 0.1) is 12.0 Å². The fraction of sp³-hybridized carbons (Fsp3) is 0.938. The van der Waals surface area contributed by atoms with E-state index in [-0.39, 0.29) is 12.0 Å². The van der Waals surface area contributed by atoms with Gasteiger partial charge >= 0.3 is 5.97 Å². The van der Waals surface area contributed by atoms with Crippen LogP contribution in [0.1, 0.15) is 53.4 Å². The van der Waals surface area contributed by atoms with Crippen molar-refractivity contribution < 1.29 is 9.53 Å². The average molecular weight is 319 g/mol. The molecule has 0 spiro atoms. The summed E-state index contributed by atoms with van der Waals surface area (Å²) < 4.78 is 5.53. The van der Waals surface area contributed by atoms with Crippen molar-refractivity contribution in [1.29, 1.82) is 0 Å². The third-order valence-electron chi connectivity index (χ3n) is 3.64. The maximum absolute atomic E-state index is 12.2. The van der Waals surface area contributed by atoms with Crippen molar-refractivity contribution in [3.8, 4) is 0 Å². The molecule has 2 unspecified atom stereocenters. The molecule has 0 radical (unpaired) electrons. The highest BCUT2D eigenvalue weighted by molar-refractivity contribution is 7.99. The summed E-state index contributed by atoms with van der Waals surface area (Å²) in [6, 6.07) is 0.000311. The van der Waals surface area contributed by atoms with Crippen LogP contribution in [0.2, 0.25) is 0 Å². The molecule has 0 aromatic carbocycles. The van der Waals surface area contributed by atoms with Gasteiger partial charge in [0.2, 0.25) is 0 Å². The van der Waals surface area contributed by atoms with E-state index >= 15 is 0 Å². The molecule has 0 saturated carbocycles. The van der Waals surface area contributed by atoms with Crippen LogP contribution in [0.5, 0.6) is 0 Å². The zero-order valence-corrected chi connectivity index (χ0v) is 15.0. The molecule has 5 heteroatoms. The zero-order chi connectivity index (χ0) is 16.3. The van der Waals surface area contributed by atoms with Gasteiger partial charge in [-0.2, -0.15) is 11.8 Å². The summed E-state index contributed by atoms with van der Waals surface area (Å²) in [4.78, 5) is 12.2. The Morgan fingerprint density at radius 1 is 1.33 bits per heavy atom. The molecule has 0 aliphatic carbocycles. The Labute approximate surface area is 134 Å². The molecule has 0 saturated heterocycles. The van der Waals surface area contributed by atoms with E-state index in [1.54, 1.807) is 11.8 Å². The van der Waals surface area contributed by atoms with Crippen molar-refractivity contribution in [2.45, 2.75) is 59.4 Å². The van der Waals surface area contributed by atoms with Crippen molar-refractivity contribution >= 4 is 17.7 Å². The van der Waals surface area contributed by atoms with Gasteiger partial charge in [-0.25, -0.2) is 0 Å². The molecule has 4 N–H and O–H groups in total. The third-order valence-corrected chi connectivity index (χ3v) is 5.23. The van der Waals surface area contributed by atoms with Gasteiger partial charge < -0.3 is 16.2 Å². The van der Waals surface area contributed by atoms with Gasteiger partial charge in [0.15, 0.2) is 0 Å². The van der Waals surface area contributed by atoms with E-state index in [2.05, 4.69) is 13.8 Å². The van der Waals surface area contributed by atoms with E-state index < -0.39 is 5.41 Å². The SMILES string of the molecule is CCCCC(CC)COC(=O)C(C)(C)CSCC(N)CN. The van der Waals surface area contributed by atoms with Crippen LogP contribution in [-0.4, -0.2) is 36.7 Å². The van der Waals surface area contributed by atoms with Crippen molar-refractivity contribution in [3.63, 3.8) is 0 Å². The molecule has 4 nitrogen and oxygen atoms in total. The number of thioether (sulfide) groups is 1. The molecule has 0 amide bonds.